The van der Waals surface area contributed by atoms with Crippen molar-refractivity contribution in [3.8, 4) is 11.8 Å². The third-order valence-corrected chi connectivity index (χ3v) is 10.6. The predicted octanol–water partition coefficient (Wildman–Crippen LogP) is 2.68. The molecule has 2 aromatic rings. The largest absolute Gasteiger partial charge is 0.484 e. The summed E-state index contributed by atoms with van der Waals surface area (Å²) in [5.41, 5.74) is 7.24. The summed E-state index contributed by atoms with van der Waals surface area (Å²) in [6, 6.07) is 10.9. The molecule has 11 nitrogen and oxygen atoms in total. The average molecular weight is 699 g/mol. The van der Waals surface area contributed by atoms with Gasteiger partial charge in [-0.3, -0.25) is 9.69 Å². The summed E-state index contributed by atoms with van der Waals surface area (Å²) in [6.45, 7) is 3.99. The van der Waals surface area contributed by atoms with Gasteiger partial charge in [-0.1, -0.05) is 11.6 Å². The summed E-state index contributed by atoms with van der Waals surface area (Å²) in [6.07, 6.45) is -3.85. The van der Waals surface area contributed by atoms with E-state index in [-0.39, 0.29) is 43.2 Å². The number of rotatable bonds is 11. The lowest BCUT2D eigenvalue weighted by molar-refractivity contribution is -0.187. The zero-order valence-electron chi connectivity index (χ0n) is 25.7. The lowest BCUT2D eigenvalue weighted by Gasteiger charge is -2.40. The number of carbonyl (C=O) groups is 1. The van der Waals surface area contributed by atoms with E-state index in [1.807, 2.05) is 4.90 Å². The minimum absolute atomic E-state index is 0.0890. The zero-order chi connectivity index (χ0) is 33.8. The van der Waals surface area contributed by atoms with Gasteiger partial charge in [-0.15, -0.1) is 0 Å². The Balaban J connectivity index is 1.25. The molecular formula is C31H38ClF3N6O5S. The number of ether oxygens (including phenoxy) is 2. The molecule has 5 rings (SSSR count). The number of piperazine rings is 1. The van der Waals surface area contributed by atoms with Gasteiger partial charge in [0.2, 0.25) is 10.0 Å². The molecule has 0 spiro atoms. The van der Waals surface area contributed by atoms with Gasteiger partial charge in [0.15, 0.2) is 0 Å². The number of alkyl halides is 3. The van der Waals surface area contributed by atoms with Crippen LogP contribution >= 0.6 is 11.6 Å². The molecule has 2 fully saturated rings. The fourth-order valence-electron chi connectivity index (χ4n) is 6.45. The number of piperidine rings is 1. The Kier molecular flexibility index (Phi) is 11.3. The van der Waals surface area contributed by atoms with E-state index in [2.05, 4.69) is 15.7 Å². The van der Waals surface area contributed by atoms with Crippen LogP contribution in [-0.2, 0) is 26.0 Å². The van der Waals surface area contributed by atoms with Gasteiger partial charge in [-0.2, -0.15) is 18.4 Å². The quantitative estimate of drug-likeness (QED) is 0.339. The van der Waals surface area contributed by atoms with Crippen molar-refractivity contribution in [3.63, 3.8) is 0 Å². The molecule has 3 N–H and O–H groups in total. The molecule has 2 atom stereocenters. The number of halogens is 4. The van der Waals surface area contributed by atoms with Crippen LogP contribution in [0.2, 0.25) is 5.02 Å². The first kappa shape index (κ1) is 35.3. The van der Waals surface area contributed by atoms with Crippen LogP contribution in [0.25, 0.3) is 0 Å². The highest BCUT2D eigenvalue weighted by Crippen LogP contribution is 2.41. The first-order chi connectivity index (χ1) is 22.4. The first-order valence-electron chi connectivity index (χ1n) is 15.5. The third kappa shape index (κ3) is 8.55. The monoisotopic (exact) mass is 698 g/mol. The minimum Gasteiger partial charge on any atom is -0.484 e. The highest BCUT2D eigenvalue weighted by Gasteiger charge is 2.45. The average Bonchev–Trinajstić information content (AvgIpc) is 3.40. The van der Waals surface area contributed by atoms with E-state index in [4.69, 9.17) is 26.8 Å². The number of sulfonamides is 1. The molecule has 0 bridgehead atoms. The predicted molar refractivity (Wildman–Crippen MR) is 167 cm³/mol. The van der Waals surface area contributed by atoms with Gasteiger partial charge in [0.1, 0.15) is 11.9 Å². The van der Waals surface area contributed by atoms with Gasteiger partial charge < -0.3 is 25.0 Å². The Morgan fingerprint density at radius 1 is 1.06 bits per heavy atom. The normalized spacial score (nSPS) is 21.4. The molecule has 1 aliphatic carbocycles. The SMILES string of the molecule is N#Cc1cc(Cl)cc2c1C[C@H](N1CCN(C(=O)C(F)(F)F)CC1)[C@H]2Oc1ccc(S(=O)(=O)NC2CCN(CCOCCN)CC2)cc1. The number of likely N-dealkylation sites (tertiary alicyclic amines) is 1. The molecule has 0 unspecified atom stereocenters. The van der Waals surface area contributed by atoms with Crippen molar-refractivity contribution in [2.45, 2.75) is 48.5 Å². The highest BCUT2D eigenvalue weighted by atomic mass is 35.5. The van der Waals surface area contributed by atoms with Gasteiger partial charge in [0, 0.05) is 50.3 Å². The Hall–Kier alpha value is -2.97. The maximum atomic E-state index is 13.2. The Bertz CT molecular complexity index is 1560. The van der Waals surface area contributed by atoms with E-state index >= 15 is 0 Å². The number of benzene rings is 2. The van der Waals surface area contributed by atoms with E-state index < -0.39 is 28.2 Å². The molecule has 47 heavy (non-hydrogen) atoms. The second-order valence-electron chi connectivity index (χ2n) is 11.9. The number of hydrogen-bond donors (Lipinski definition) is 2. The van der Waals surface area contributed by atoms with Crippen LogP contribution in [0, 0.1) is 11.3 Å². The number of nitrogens with two attached hydrogens (primary N) is 1. The van der Waals surface area contributed by atoms with Crippen LogP contribution in [0.15, 0.2) is 41.3 Å². The highest BCUT2D eigenvalue weighted by molar-refractivity contribution is 7.89. The number of nitrogens with one attached hydrogen (secondary N) is 1. The molecule has 2 heterocycles. The number of carbonyl (C=O) groups excluding carboxylic acids is 1. The topological polar surface area (TPSA) is 141 Å². The van der Waals surface area contributed by atoms with Crippen LogP contribution in [0.5, 0.6) is 5.75 Å². The maximum absolute atomic E-state index is 13.2. The van der Waals surface area contributed by atoms with Crippen molar-refractivity contribution in [2.75, 3.05) is 65.6 Å². The third-order valence-electron chi connectivity index (χ3n) is 8.87. The molecule has 256 valence electrons. The zero-order valence-corrected chi connectivity index (χ0v) is 27.3. The van der Waals surface area contributed by atoms with E-state index in [9.17, 15) is 31.6 Å². The van der Waals surface area contributed by atoms with Crippen LogP contribution in [-0.4, -0.2) is 113 Å². The number of nitrogens with zero attached hydrogens (tertiary/aromatic N) is 4. The number of hydrogen-bond acceptors (Lipinski definition) is 9. The number of nitriles is 1. The van der Waals surface area contributed by atoms with Crippen LogP contribution in [0.3, 0.4) is 0 Å². The van der Waals surface area contributed by atoms with Gasteiger partial charge in [0.05, 0.1) is 35.8 Å². The van der Waals surface area contributed by atoms with Crippen molar-refractivity contribution in [2.24, 2.45) is 5.73 Å². The summed E-state index contributed by atoms with van der Waals surface area (Å²) < 4.78 is 80.1. The standard InChI is InChI=1S/C31H38ClF3N6O5S/c32-22-17-21(20-37)26-19-28(40-10-12-41(13-11-40)30(42)31(33,34)35)29(27(26)18-22)46-24-1-3-25(4-2-24)47(43,44)38-23-5-8-39(9-6-23)14-16-45-15-7-36/h1-4,17-18,23,28-29,38H,5-16,19,36H2/t28-,29-/m0/s1. The molecule has 1 amide bonds. The lowest BCUT2D eigenvalue weighted by Crippen LogP contribution is -2.55. The number of fused-ring (bicyclic) bond motifs is 1. The maximum Gasteiger partial charge on any atom is 0.471 e. The second kappa shape index (κ2) is 15.1. The smallest absolute Gasteiger partial charge is 0.471 e. The summed E-state index contributed by atoms with van der Waals surface area (Å²) in [7, 11) is -3.80. The first-order valence-corrected chi connectivity index (χ1v) is 17.4. The summed E-state index contributed by atoms with van der Waals surface area (Å²) in [5, 5.41) is 10.1. The van der Waals surface area contributed by atoms with E-state index in [1.54, 1.807) is 24.3 Å². The molecule has 2 aliphatic heterocycles. The van der Waals surface area contributed by atoms with E-state index in [0.717, 1.165) is 30.1 Å². The van der Waals surface area contributed by atoms with Gasteiger partial charge in [0.25, 0.3) is 0 Å². The second-order valence-corrected chi connectivity index (χ2v) is 14.0. The number of amides is 1. The van der Waals surface area contributed by atoms with Crippen molar-refractivity contribution in [1.29, 1.82) is 5.26 Å². The van der Waals surface area contributed by atoms with E-state index in [0.29, 0.717) is 60.9 Å². The fraction of sp³-hybridized carbons (Fsp3) is 0.548. The molecule has 2 saturated heterocycles. The molecule has 2 aromatic carbocycles. The van der Waals surface area contributed by atoms with Gasteiger partial charge in [-0.25, -0.2) is 13.1 Å². The minimum atomic E-state index is -4.94. The van der Waals surface area contributed by atoms with Gasteiger partial charge >= 0.3 is 12.1 Å². The Labute approximate surface area is 277 Å². The molecule has 16 heteroatoms. The Morgan fingerprint density at radius 2 is 1.74 bits per heavy atom. The lowest BCUT2D eigenvalue weighted by atomic mass is 10.0. The molecule has 0 saturated carbocycles. The fourth-order valence-corrected chi connectivity index (χ4v) is 7.98. The molecule has 0 aromatic heterocycles. The summed E-state index contributed by atoms with van der Waals surface area (Å²) in [4.78, 5) is 16.9. The molecule has 0 radical (unpaired) electrons. The van der Waals surface area contributed by atoms with Crippen molar-refractivity contribution < 1.29 is 35.9 Å². The van der Waals surface area contributed by atoms with Crippen LogP contribution in [0.4, 0.5) is 13.2 Å². The molecular weight excluding hydrogens is 661 g/mol. The van der Waals surface area contributed by atoms with Crippen molar-refractivity contribution in [1.82, 2.24) is 19.4 Å². The van der Waals surface area contributed by atoms with Crippen LogP contribution < -0.4 is 15.2 Å². The van der Waals surface area contributed by atoms with Crippen LogP contribution in [0.1, 0.15) is 35.6 Å². The van der Waals surface area contributed by atoms with Gasteiger partial charge in [-0.05, 0) is 79.9 Å². The molecule has 3 aliphatic rings. The summed E-state index contributed by atoms with van der Waals surface area (Å²) in [5.74, 6) is -1.49. The summed E-state index contributed by atoms with van der Waals surface area (Å²) >= 11 is 6.34. The Morgan fingerprint density at radius 3 is 2.36 bits per heavy atom. The van der Waals surface area contributed by atoms with Crippen molar-refractivity contribution in [3.05, 3.63) is 58.1 Å². The van der Waals surface area contributed by atoms with Crippen molar-refractivity contribution >= 4 is 27.5 Å². The van der Waals surface area contributed by atoms with E-state index in [1.165, 1.54) is 12.1 Å².